The third kappa shape index (κ3) is 4.15. The van der Waals surface area contributed by atoms with Gasteiger partial charge < -0.3 is 9.47 Å². The quantitative estimate of drug-likeness (QED) is 0.186. The van der Waals surface area contributed by atoms with Crippen LogP contribution in [0.3, 0.4) is 0 Å². The second kappa shape index (κ2) is 10.7. The molecule has 0 atom stereocenters. The zero-order valence-electron chi connectivity index (χ0n) is 28.5. The Hall–Kier alpha value is -6.12. The van der Waals surface area contributed by atoms with Crippen LogP contribution in [0, 0.1) is 6.92 Å². The molecule has 1 aliphatic carbocycles. The lowest BCUT2D eigenvalue weighted by Gasteiger charge is -2.30. The molecule has 0 aliphatic heterocycles. The first-order valence-electron chi connectivity index (χ1n) is 17.5. The lowest BCUT2D eigenvalue weighted by Crippen LogP contribution is -2.17. The number of nitrogens with zero attached hydrogens (tertiary/aromatic N) is 2. The summed E-state index contributed by atoms with van der Waals surface area (Å²) in [4.78, 5) is 2.46. The summed E-state index contributed by atoms with van der Waals surface area (Å²) in [5.41, 5.74) is 13.6. The van der Waals surface area contributed by atoms with E-state index >= 15 is 0 Å². The molecule has 1 aliphatic rings. The van der Waals surface area contributed by atoms with Gasteiger partial charge in [-0.15, -0.1) is 0 Å². The normalized spacial score (nSPS) is 13.3. The number of fused-ring (bicyclic) bond motifs is 9. The molecule has 0 radical (unpaired) electrons. The smallest absolute Gasteiger partial charge is 0.0543 e. The predicted octanol–water partition coefficient (Wildman–Crippen LogP) is 13.2. The van der Waals surface area contributed by atoms with E-state index < -0.39 is 0 Å². The molecule has 0 unspecified atom stereocenters. The minimum absolute atomic E-state index is 0.222. The van der Waals surface area contributed by atoms with Gasteiger partial charge in [-0.1, -0.05) is 129 Å². The van der Waals surface area contributed by atoms with Crippen LogP contribution in [-0.4, -0.2) is 4.57 Å². The van der Waals surface area contributed by atoms with E-state index in [0.717, 1.165) is 11.4 Å². The predicted molar refractivity (Wildman–Crippen MR) is 213 cm³/mol. The van der Waals surface area contributed by atoms with Gasteiger partial charge in [-0.3, -0.25) is 0 Å². The average Bonchev–Trinajstić information content (AvgIpc) is 3.61. The van der Waals surface area contributed by atoms with Crippen molar-refractivity contribution in [1.82, 2.24) is 4.57 Å². The van der Waals surface area contributed by atoms with E-state index in [4.69, 9.17) is 0 Å². The van der Waals surface area contributed by atoms with Crippen LogP contribution in [0.2, 0.25) is 0 Å². The van der Waals surface area contributed by atoms with Gasteiger partial charge >= 0.3 is 0 Å². The number of aryl methyl sites for hydroxylation is 1. The molecule has 1 heterocycles. The number of anilines is 3. The number of hydrogen-bond acceptors (Lipinski definition) is 1. The van der Waals surface area contributed by atoms with Crippen molar-refractivity contribution in [3.05, 3.63) is 180 Å². The van der Waals surface area contributed by atoms with E-state index in [1.54, 1.807) is 0 Å². The van der Waals surface area contributed by atoms with E-state index in [-0.39, 0.29) is 5.41 Å². The number of para-hydroxylation sites is 2. The third-order valence-corrected chi connectivity index (χ3v) is 11.0. The summed E-state index contributed by atoms with van der Waals surface area (Å²) in [6.07, 6.45) is 0. The van der Waals surface area contributed by atoms with E-state index in [0.29, 0.717) is 0 Å². The molecule has 0 bridgehead atoms. The highest BCUT2D eigenvalue weighted by molar-refractivity contribution is 6.11. The molecule has 50 heavy (non-hydrogen) atoms. The lowest BCUT2D eigenvalue weighted by molar-refractivity contribution is 0.660. The Bertz CT molecular complexity index is 2750. The zero-order chi connectivity index (χ0) is 33.6. The Balaban J connectivity index is 1.21. The Kier molecular flexibility index (Phi) is 6.17. The summed E-state index contributed by atoms with van der Waals surface area (Å²) in [6.45, 7) is 6.96. The first kappa shape index (κ1) is 28.9. The molecule has 1 aromatic heterocycles. The van der Waals surface area contributed by atoms with Crippen LogP contribution < -0.4 is 4.90 Å². The standard InChI is InChI=1S/C48H36N2/c1-31-20-23-34(24-21-31)49(35-25-22-32-12-4-5-13-33(32)28-35)46-30-43-47(40-17-7-6-16-39(40)46)41-27-26-36(29-42(41)48(43,2)3)50-44-18-10-8-14-37(44)38-15-9-11-19-45(38)50/h4-30H,1-3H3. The van der Waals surface area contributed by atoms with Gasteiger partial charge in [-0.05, 0) is 99.9 Å². The number of hydrogen-bond donors (Lipinski definition) is 0. The van der Waals surface area contributed by atoms with E-state index in [1.807, 2.05) is 0 Å². The van der Waals surface area contributed by atoms with Gasteiger partial charge in [0.25, 0.3) is 0 Å². The second-order valence-corrected chi connectivity index (χ2v) is 14.3. The largest absolute Gasteiger partial charge is 0.310 e. The molecule has 2 nitrogen and oxygen atoms in total. The summed E-state index contributed by atoms with van der Waals surface area (Å²) < 4.78 is 2.44. The molecule has 0 saturated heterocycles. The molecule has 9 aromatic rings. The number of benzene rings is 8. The highest BCUT2D eigenvalue weighted by atomic mass is 15.1. The van der Waals surface area contributed by atoms with E-state index in [9.17, 15) is 0 Å². The van der Waals surface area contributed by atoms with Crippen molar-refractivity contribution in [1.29, 1.82) is 0 Å². The maximum Gasteiger partial charge on any atom is 0.0543 e. The molecule has 0 saturated carbocycles. The van der Waals surface area contributed by atoms with Crippen molar-refractivity contribution in [2.45, 2.75) is 26.2 Å². The van der Waals surface area contributed by atoms with Gasteiger partial charge in [0.2, 0.25) is 0 Å². The Labute approximate surface area is 292 Å². The van der Waals surface area contributed by atoms with Crippen LogP contribution in [0.25, 0.3) is 60.2 Å². The molecular weight excluding hydrogens is 605 g/mol. The van der Waals surface area contributed by atoms with Gasteiger partial charge in [-0.25, -0.2) is 0 Å². The van der Waals surface area contributed by atoms with Crippen LogP contribution in [-0.2, 0) is 5.41 Å². The molecule has 2 heteroatoms. The molecule has 10 rings (SSSR count). The van der Waals surface area contributed by atoms with Crippen molar-refractivity contribution >= 4 is 60.4 Å². The topological polar surface area (TPSA) is 8.17 Å². The summed E-state index contributed by atoms with van der Waals surface area (Å²) in [5, 5.41) is 7.58. The second-order valence-electron chi connectivity index (χ2n) is 14.3. The highest BCUT2D eigenvalue weighted by Gasteiger charge is 2.38. The van der Waals surface area contributed by atoms with Gasteiger partial charge in [0.15, 0.2) is 0 Å². The molecule has 0 N–H and O–H groups in total. The van der Waals surface area contributed by atoms with Crippen LogP contribution >= 0.6 is 0 Å². The number of aromatic nitrogens is 1. The fraction of sp³-hybridized carbons (Fsp3) is 0.0833. The maximum absolute atomic E-state index is 2.48. The zero-order valence-corrected chi connectivity index (χ0v) is 28.5. The van der Waals surface area contributed by atoms with Gasteiger partial charge in [0.1, 0.15) is 0 Å². The fourth-order valence-electron chi connectivity index (χ4n) is 8.51. The van der Waals surface area contributed by atoms with Crippen molar-refractivity contribution in [2.75, 3.05) is 4.90 Å². The molecule has 8 aromatic carbocycles. The molecule has 0 amide bonds. The van der Waals surface area contributed by atoms with Crippen molar-refractivity contribution in [2.24, 2.45) is 0 Å². The number of rotatable bonds is 4. The average molecular weight is 641 g/mol. The SMILES string of the molecule is Cc1ccc(N(c2ccc3ccccc3c2)c2cc3c(c4ccccc24)-c2ccc(-n4c5ccccc5c5ccccc54)cc2C3(C)C)cc1. The molecule has 238 valence electrons. The first-order chi connectivity index (χ1) is 24.5. The molecule has 0 fully saturated rings. The Morgan fingerprint density at radius 3 is 1.80 bits per heavy atom. The monoisotopic (exact) mass is 640 g/mol. The van der Waals surface area contributed by atoms with Crippen LogP contribution in [0.5, 0.6) is 0 Å². The fourth-order valence-corrected chi connectivity index (χ4v) is 8.51. The summed E-state index contributed by atoms with van der Waals surface area (Å²) in [6, 6.07) is 60.6. The molecular formula is C48H36N2. The lowest BCUT2D eigenvalue weighted by atomic mass is 9.81. The first-order valence-corrected chi connectivity index (χ1v) is 17.5. The Morgan fingerprint density at radius 1 is 0.480 bits per heavy atom. The van der Waals surface area contributed by atoms with E-state index in [1.165, 1.54) is 82.5 Å². The van der Waals surface area contributed by atoms with Gasteiger partial charge in [-0.2, -0.15) is 0 Å². The maximum atomic E-state index is 2.48. The van der Waals surface area contributed by atoms with Crippen molar-refractivity contribution in [3.63, 3.8) is 0 Å². The summed E-state index contributed by atoms with van der Waals surface area (Å²) in [5.74, 6) is 0. The van der Waals surface area contributed by atoms with Gasteiger partial charge in [0.05, 0.1) is 16.7 Å². The minimum atomic E-state index is -0.222. The third-order valence-electron chi connectivity index (χ3n) is 11.0. The Morgan fingerprint density at radius 2 is 1.08 bits per heavy atom. The van der Waals surface area contributed by atoms with Gasteiger partial charge in [0, 0.05) is 38.6 Å². The summed E-state index contributed by atoms with van der Waals surface area (Å²) >= 11 is 0. The van der Waals surface area contributed by atoms with Crippen LogP contribution in [0.1, 0.15) is 30.5 Å². The summed E-state index contributed by atoms with van der Waals surface area (Å²) in [7, 11) is 0. The molecule has 0 spiro atoms. The van der Waals surface area contributed by atoms with Crippen molar-refractivity contribution < 1.29 is 0 Å². The van der Waals surface area contributed by atoms with Crippen molar-refractivity contribution in [3.8, 4) is 16.8 Å². The minimum Gasteiger partial charge on any atom is -0.310 e. The van der Waals surface area contributed by atoms with Crippen LogP contribution in [0.4, 0.5) is 17.1 Å². The van der Waals surface area contributed by atoms with E-state index in [2.05, 4.69) is 194 Å². The van der Waals surface area contributed by atoms with Crippen LogP contribution in [0.15, 0.2) is 164 Å². The highest BCUT2D eigenvalue weighted by Crippen LogP contribution is 2.55.